The van der Waals surface area contributed by atoms with Gasteiger partial charge < -0.3 is 0 Å². The average Bonchev–Trinajstić information content (AvgIpc) is 2.34. The second-order valence-electron chi connectivity index (χ2n) is 4.61. The minimum absolute atomic E-state index is 0.000942. The Balaban J connectivity index is 3.20. The minimum atomic E-state index is -4.56. The number of hydrogen-bond acceptors (Lipinski definition) is 2. The van der Waals surface area contributed by atoms with E-state index in [2.05, 4.69) is 4.72 Å². The molecular formula is C13H18F3NO2S. The second-order valence-corrected chi connectivity index (χ2v) is 6.32. The van der Waals surface area contributed by atoms with E-state index in [0.717, 1.165) is 0 Å². The van der Waals surface area contributed by atoms with Gasteiger partial charge in [0.05, 0.1) is 10.5 Å². The monoisotopic (exact) mass is 309 g/mol. The number of nitrogens with one attached hydrogen (secondary N) is 1. The lowest BCUT2D eigenvalue weighted by molar-refractivity contribution is -0.138. The highest BCUT2D eigenvalue weighted by Gasteiger charge is 2.33. The molecule has 114 valence electrons. The number of halogens is 3. The molecule has 0 aliphatic heterocycles. The molecule has 0 spiro atoms. The zero-order valence-corrected chi connectivity index (χ0v) is 12.4. The van der Waals surface area contributed by atoms with Crippen molar-refractivity contribution in [1.82, 2.24) is 4.72 Å². The fourth-order valence-electron chi connectivity index (χ4n) is 1.82. The molecule has 0 saturated carbocycles. The van der Waals surface area contributed by atoms with Crippen LogP contribution in [0.15, 0.2) is 23.1 Å². The zero-order valence-electron chi connectivity index (χ0n) is 11.6. The third-order valence-electron chi connectivity index (χ3n) is 3.13. The Morgan fingerprint density at radius 1 is 1.20 bits per heavy atom. The number of rotatable bonds is 5. The summed E-state index contributed by atoms with van der Waals surface area (Å²) < 4.78 is 64.9. The van der Waals surface area contributed by atoms with Crippen molar-refractivity contribution in [3.8, 4) is 0 Å². The van der Waals surface area contributed by atoms with Crippen LogP contribution >= 0.6 is 0 Å². The molecule has 0 bridgehead atoms. The fraction of sp³-hybridized carbons (Fsp3) is 0.538. The van der Waals surface area contributed by atoms with Crippen molar-refractivity contribution in [2.45, 2.75) is 50.7 Å². The van der Waals surface area contributed by atoms with Crippen molar-refractivity contribution in [1.29, 1.82) is 0 Å². The van der Waals surface area contributed by atoms with Crippen LogP contribution in [0.2, 0.25) is 0 Å². The van der Waals surface area contributed by atoms with Gasteiger partial charge in [0.15, 0.2) is 0 Å². The van der Waals surface area contributed by atoms with E-state index >= 15 is 0 Å². The van der Waals surface area contributed by atoms with Crippen LogP contribution in [0.25, 0.3) is 0 Å². The summed E-state index contributed by atoms with van der Waals surface area (Å²) in [4.78, 5) is -0.359. The number of benzene rings is 1. The Bertz CT molecular complexity index is 563. The molecule has 0 unspecified atom stereocenters. The molecule has 0 amide bonds. The summed E-state index contributed by atoms with van der Waals surface area (Å²) in [6.07, 6.45) is -3.41. The largest absolute Gasteiger partial charge is 0.416 e. The van der Waals surface area contributed by atoms with Crippen LogP contribution in [0.3, 0.4) is 0 Å². The van der Waals surface area contributed by atoms with E-state index in [0.29, 0.717) is 18.9 Å². The normalized spacial score (nSPS) is 12.9. The van der Waals surface area contributed by atoms with Crippen LogP contribution in [0.4, 0.5) is 13.2 Å². The standard InChI is InChI=1S/C13H18F3NO2S/c1-4-10(5-2)17-20(18,19)11-7-6-9(3)12(8-11)13(14,15)16/h6-8,10,17H,4-5H2,1-3H3. The van der Waals surface area contributed by atoms with Gasteiger partial charge in [0.1, 0.15) is 0 Å². The Hall–Kier alpha value is -1.08. The molecule has 0 heterocycles. The van der Waals surface area contributed by atoms with Crippen molar-refractivity contribution in [3.05, 3.63) is 29.3 Å². The summed E-state index contributed by atoms with van der Waals surface area (Å²) in [5.74, 6) is 0. The minimum Gasteiger partial charge on any atom is -0.208 e. The Morgan fingerprint density at radius 2 is 1.75 bits per heavy atom. The van der Waals surface area contributed by atoms with Gasteiger partial charge in [0, 0.05) is 6.04 Å². The molecule has 0 saturated heterocycles. The first-order valence-electron chi connectivity index (χ1n) is 6.32. The highest BCUT2D eigenvalue weighted by molar-refractivity contribution is 7.89. The van der Waals surface area contributed by atoms with Gasteiger partial charge in [0.25, 0.3) is 0 Å². The second kappa shape index (κ2) is 6.13. The molecule has 7 heteroatoms. The summed E-state index contributed by atoms with van der Waals surface area (Å²) in [7, 11) is -3.93. The molecule has 0 aliphatic carbocycles. The molecule has 0 aromatic heterocycles. The van der Waals surface area contributed by atoms with Gasteiger partial charge in [-0.15, -0.1) is 0 Å². The molecule has 1 aromatic carbocycles. The van der Waals surface area contributed by atoms with Crippen molar-refractivity contribution < 1.29 is 21.6 Å². The Morgan fingerprint density at radius 3 is 2.20 bits per heavy atom. The molecule has 1 rings (SSSR count). The lowest BCUT2D eigenvalue weighted by Gasteiger charge is -2.16. The Kier molecular flexibility index (Phi) is 5.21. The van der Waals surface area contributed by atoms with Gasteiger partial charge >= 0.3 is 6.18 Å². The highest BCUT2D eigenvalue weighted by atomic mass is 32.2. The third kappa shape index (κ3) is 3.96. The van der Waals surface area contributed by atoms with Gasteiger partial charge in [-0.2, -0.15) is 13.2 Å². The maximum atomic E-state index is 12.8. The molecule has 0 fully saturated rings. The van der Waals surface area contributed by atoms with E-state index < -0.39 is 21.8 Å². The summed E-state index contributed by atoms with van der Waals surface area (Å²) in [5.41, 5.74) is -0.927. The molecule has 1 N–H and O–H groups in total. The molecule has 3 nitrogen and oxygen atoms in total. The summed E-state index contributed by atoms with van der Waals surface area (Å²) in [6.45, 7) is 4.92. The SMILES string of the molecule is CCC(CC)NS(=O)(=O)c1ccc(C)c(C(F)(F)F)c1. The van der Waals surface area contributed by atoms with Gasteiger partial charge in [-0.25, -0.2) is 13.1 Å². The van der Waals surface area contributed by atoms with Crippen LogP contribution in [0, 0.1) is 6.92 Å². The highest BCUT2D eigenvalue weighted by Crippen LogP contribution is 2.33. The molecule has 0 aliphatic rings. The van der Waals surface area contributed by atoms with E-state index in [9.17, 15) is 21.6 Å². The van der Waals surface area contributed by atoms with E-state index in [4.69, 9.17) is 0 Å². The van der Waals surface area contributed by atoms with E-state index in [1.54, 1.807) is 0 Å². The summed E-state index contributed by atoms with van der Waals surface area (Å²) in [6, 6.07) is 2.76. The number of aryl methyl sites for hydroxylation is 1. The fourth-order valence-corrected chi connectivity index (χ4v) is 3.24. The first-order valence-corrected chi connectivity index (χ1v) is 7.80. The molecule has 0 atom stereocenters. The van der Waals surface area contributed by atoms with Crippen LogP contribution < -0.4 is 4.72 Å². The van der Waals surface area contributed by atoms with Crippen molar-refractivity contribution in [2.75, 3.05) is 0 Å². The summed E-state index contributed by atoms with van der Waals surface area (Å²) >= 11 is 0. The number of sulfonamides is 1. The number of alkyl halides is 3. The molecule has 20 heavy (non-hydrogen) atoms. The van der Waals surface area contributed by atoms with Gasteiger partial charge in [-0.1, -0.05) is 19.9 Å². The Labute approximate surface area is 117 Å². The quantitative estimate of drug-likeness (QED) is 0.905. The van der Waals surface area contributed by atoms with Crippen molar-refractivity contribution in [2.24, 2.45) is 0 Å². The maximum absolute atomic E-state index is 12.8. The van der Waals surface area contributed by atoms with Crippen molar-refractivity contribution >= 4 is 10.0 Å². The smallest absolute Gasteiger partial charge is 0.208 e. The lowest BCUT2D eigenvalue weighted by atomic mass is 10.1. The maximum Gasteiger partial charge on any atom is 0.416 e. The first kappa shape index (κ1) is 17.0. The number of hydrogen-bond donors (Lipinski definition) is 1. The molecule has 1 aromatic rings. The lowest BCUT2D eigenvalue weighted by Crippen LogP contribution is -2.34. The van der Waals surface area contributed by atoms with E-state index in [1.807, 2.05) is 13.8 Å². The van der Waals surface area contributed by atoms with Crippen molar-refractivity contribution in [3.63, 3.8) is 0 Å². The zero-order chi connectivity index (χ0) is 15.6. The van der Waals surface area contributed by atoms with Gasteiger partial charge in [-0.05, 0) is 37.5 Å². The predicted octanol–water partition coefficient (Wildman–Crippen LogP) is 3.48. The molecular weight excluding hydrogens is 291 g/mol. The van der Waals surface area contributed by atoms with Crippen LogP contribution in [0.5, 0.6) is 0 Å². The van der Waals surface area contributed by atoms with Crippen LogP contribution in [0.1, 0.15) is 37.8 Å². The van der Waals surface area contributed by atoms with Gasteiger partial charge in [0.2, 0.25) is 10.0 Å². The van der Waals surface area contributed by atoms with E-state index in [-0.39, 0.29) is 16.5 Å². The molecule has 0 radical (unpaired) electrons. The third-order valence-corrected chi connectivity index (χ3v) is 4.65. The average molecular weight is 309 g/mol. The van der Waals surface area contributed by atoms with E-state index in [1.165, 1.54) is 19.1 Å². The summed E-state index contributed by atoms with van der Waals surface area (Å²) in [5, 5.41) is 0. The van der Waals surface area contributed by atoms with Gasteiger partial charge in [-0.3, -0.25) is 0 Å². The predicted molar refractivity (Wildman–Crippen MR) is 70.9 cm³/mol. The first-order chi connectivity index (χ1) is 9.11. The van der Waals surface area contributed by atoms with Crippen LogP contribution in [-0.4, -0.2) is 14.5 Å². The topological polar surface area (TPSA) is 46.2 Å². The van der Waals surface area contributed by atoms with Crippen LogP contribution in [-0.2, 0) is 16.2 Å².